The van der Waals surface area contributed by atoms with Crippen LogP contribution < -0.4 is 14.8 Å². The van der Waals surface area contributed by atoms with Gasteiger partial charge in [-0.15, -0.1) is 0 Å². The third-order valence-corrected chi connectivity index (χ3v) is 4.98. The molecule has 1 heterocycles. The highest BCUT2D eigenvalue weighted by Crippen LogP contribution is 2.47. The van der Waals surface area contributed by atoms with Crippen LogP contribution in [0.3, 0.4) is 0 Å². The van der Waals surface area contributed by atoms with E-state index >= 15 is 0 Å². The molecule has 1 aliphatic heterocycles. The van der Waals surface area contributed by atoms with Crippen LogP contribution in [-0.2, 0) is 0 Å². The molecule has 2 aromatic carbocycles. The van der Waals surface area contributed by atoms with Crippen LogP contribution in [0.5, 0.6) is 11.5 Å². The van der Waals surface area contributed by atoms with E-state index in [-0.39, 0.29) is 11.5 Å². The molecule has 1 spiro atoms. The Morgan fingerprint density at radius 3 is 2.38 bits per heavy atom. The van der Waals surface area contributed by atoms with Gasteiger partial charge < -0.3 is 14.8 Å². The van der Waals surface area contributed by atoms with E-state index < -0.39 is 5.79 Å². The van der Waals surface area contributed by atoms with Crippen LogP contribution in [0, 0.1) is 0 Å². The normalized spacial score (nSPS) is 17.2. The van der Waals surface area contributed by atoms with Crippen molar-refractivity contribution in [1.82, 2.24) is 0 Å². The van der Waals surface area contributed by atoms with E-state index in [9.17, 15) is 4.79 Å². The minimum absolute atomic E-state index is 0.255. The predicted molar refractivity (Wildman–Crippen MR) is 93.3 cm³/mol. The molecule has 2 aliphatic rings. The van der Waals surface area contributed by atoms with E-state index in [0.717, 1.165) is 25.7 Å². The van der Waals surface area contributed by atoms with Gasteiger partial charge in [-0.3, -0.25) is 4.79 Å². The maximum absolute atomic E-state index is 12.5. The fraction of sp³-hybridized carbons (Fsp3) is 0.278. The van der Waals surface area contributed by atoms with Crippen molar-refractivity contribution < 1.29 is 14.3 Å². The quantitative estimate of drug-likeness (QED) is 0.788. The first-order chi connectivity index (χ1) is 11.6. The summed E-state index contributed by atoms with van der Waals surface area (Å²) in [6.07, 6.45) is 3.97. The maximum atomic E-state index is 12.5. The second kappa shape index (κ2) is 5.87. The number of benzene rings is 2. The Kier molecular flexibility index (Phi) is 3.82. The van der Waals surface area contributed by atoms with Gasteiger partial charge in [-0.05, 0) is 37.1 Å². The summed E-state index contributed by atoms with van der Waals surface area (Å²) in [6, 6.07) is 10.3. The number of amides is 1. The Bertz CT molecular complexity index is 796. The minimum Gasteiger partial charge on any atom is -0.448 e. The fourth-order valence-electron chi connectivity index (χ4n) is 3.20. The fourth-order valence-corrected chi connectivity index (χ4v) is 3.77. The van der Waals surface area contributed by atoms with Gasteiger partial charge in [0.25, 0.3) is 11.7 Å². The summed E-state index contributed by atoms with van der Waals surface area (Å²) >= 11 is 12.2. The lowest BCUT2D eigenvalue weighted by Gasteiger charge is -2.21. The number of hydrogen-bond acceptors (Lipinski definition) is 3. The second-order valence-electron chi connectivity index (χ2n) is 6.03. The summed E-state index contributed by atoms with van der Waals surface area (Å²) in [5.41, 5.74) is 0.860. The first-order valence-electron chi connectivity index (χ1n) is 7.84. The minimum atomic E-state index is -0.517. The second-order valence-corrected chi connectivity index (χ2v) is 6.85. The highest BCUT2D eigenvalue weighted by atomic mass is 35.5. The van der Waals surface area contributed by atoms with Gasteiger partial charge >= 0.3 is 0 Å². The Labute approximate surface area is 149 Å². The van der Waals surface area contributed by atoms with Gasteiger partial charge in [0, 0.05) is 24.6 Å². The van der Waals surface area contributed by atoms with Crippen molar-refractivity contribution in [3.05, 3.63) is 52.0 Å². The number of hydrogen-bond donors (Lipinski definition) is 1. The molecule has 6 heteroatoms. The molecular weight excluding hydrogens is 349 g/mol. The first kappa shape index (κ1) is 15.6. The summed E-state index contributed by atoms with van der Waals surface area (Å²) in [5.74, 6) is 0.488. The van der Waals surface area contributed by atoms with Crippen molar-refractivity contribution in [2.75, 3.05) is 5.32 Å². The molecule has 4 nitrogen and oxygen atoms in total. The van der Waals surface area contributed by atoms with E-state index in [2.05, 4.69) is 5.32 Å². The third kappa shape index (κ3) is 2.70. The van der Waals surface area contributed by atoms with Gasteiger partial charge in [-0.25, -0.2) is 0 Å². The van der Waals surface area contributed by atoms with E-state index in [1.165, 1.54) is 0 Å². The van der Waals surface area contributed by atoms with Crippen LogP contribution in [0.15, 0.2) is 36.4 Å². The third-order valence-electron chi connectivity index (χ3n) is 4.35. The molecule has 1 amide bonds. The molecule has 0 saturated heterocycles. The number of carbonyl (C=O) groups excluding carboxylic acids is 1. The number of rotatable bonds is 2. The molecule has 2 aromatic rings. The standard InChI is InChI=1S/C18H15Cl2NO3/c19-12-4-3-5-13(20)16(12)17(22)21-11-6-7-14-15(10-11)24-18(23-14)8-1-2-9-18/h3-7,10H,1-2,8-9H2,(H,21,22). The van der Waals surface area contributed by atoms with Crippen LogP contribution in [0.2, 0.25) is 10.0 Å². The molecule has 24 heavy (non-hydrogen) atoms. The largest absolute Gasteiger partial charge is 0.448 e. The van der Waals surface area contributed by atoms with Crippen molar-refractivity contribution in [2.24, 2.45) is 0 Å². The summed E-state index contributed by atoms with van der Waals surface area (Å²) in [6.45, 7) is 0. The molecule has 0 aromatic heterocycles. The van der Waals surface area contributed by atoms with E-state index in [0.29, 0.717) is 27.2 Å². The molecule has 1 N–H and O–H groups in total. The maximum Gasteiger partial charge on any atom is 0.258 e. The summed E-state index contributed by atoms with van der Waals surface area (Å²) in [7, 11) is 0. The van der Waals surface area contributed by atoms with E-state index in [4.69, 9.17) is 32.7 Å². The molecule has 0 bridgehead atoms. The number of fused-ring (bicyclic) bond motifs is 1. The Morgan fingerprint density at radius 2 is 1.67 bits per heavy atom. The highest BCUT2D eigenvalue weighted by Gasteiger charge is 2.44. The van der Waals surface area contributed by atoms with Crippen molar-refractivity contribution in [1.29, 1.82) is 0 Å². The number of nitrogens with one attached hydrogen (secondary N) is 1. The predicted octanol–water partition coefficient (Wildman–Crippen LogP) is 5.29. The molecule has 0 atom stereocenters. The summed E-state index contributed by atoms with van der Waals surface area (Å²) < 4.78 is 12.0. The Hall–Kier alpha value is -1.91. The van der Waals surface area contributed by atoms with Gasteiger partial charge in [0.1, 0.15) is 0 Å². The zero-order valence-electron chi connectivity index (χ0n) is 12.8. The topological polar surface area (TPSA) is 47.6 Å². The lowest BCUT2D eigenvalue weighted by atomic mass is 10.2. The summed E-state index contributed by atoms with van der Waals surface area (Å²) in [5, 5.41) is 3.43. The van der Waals surface area contributed by atoms with Crippen molar-refractivity contribution >= 4 is 34.8 Å². The van der Waals surface area contributed by atoms with Crippen LogP contribution in [0.25, 0.3) is 0 Å². The summed E-state index contributed by atoms with van der Waals surface area (Å²) in [4.78, 5) is 12.5. The van der Waals surface area contributed by atoms with Crippen LogP contribution in [-0.4, -0.2) is 11.7 Å². The van der Waals surface area contributed by atoms with Gasteiger partial charge in [-0.1, -0.05) is 29.3 Å². The zero-order chi connectivity index (χ0) is 16.7. The monoisotopic (exact) mass is 363 g/mol. The molecule has 124 valence electrons. The van der Waals surface area contributed by atoms with Crippen molar-refractivity contribution in [3.63, 3.8) is 0 Å². The smallest absolute Gasteiger partial charge is 0.258 e. The Morgan fingerprint density at radius 1 is 1.00 bits per heavy atom. The molecule has 1 saturated carbocycles. The average molecular weight is 364 g/mol. The molecule has 4 rings (SSSR count). The van der Waals surface area contributed by atoms with Gasteiger partial charge in [0.2, 0.25) is 0 Å². The highest BCUT2D eigenvalue weighted by molar-refractivity contribution is 6.40. The van der Waals surface area contributed by atoms with E-state index in [1.54, 1.807) is 30.3 Å². The Balaban J connectivity index is 1.56. The first-order valence-corrected chi connectivity index (χ1v) is 8.59. The van der Waals surface area contributed by atoms with Crippen LogP contribution in [0.4, 0.5) is 5.69 Å². The molecule has 1 aliphatic carbocycles. The van der Waals surface area contributed by atoms with Gasteiger partial charge in [-0.2, -0.15) is 0 Å². The SMILES string of the molecule is O=C(Nc1ccc2c(c1)OC1(CCCC1)O2)c1c(Cl)cccc1Cl. The van der Waals surface area contributed by atoms with Crippen LogP contribution >= 0.6 is 23.2 Å². The molecule has 0 unspecified atom stereocenters. The number of halogens is 2. The lowest BCUT2D eigenvalue weighted by molar-refractivity contribution is -0.0716. The van der Waals surface area contributed by atoms with Gasteiger partial charge in [0.15, 0.2) is 11.5 Å². The van der Waals surface area contributed by atoms with Crippen molar-refractivity contribution in [2.45, 2.75) is 31.5 Å². The number of anilines is 1. The zero-order valence-corrected chi connectivity index (χ0v) is 14.3. The molecular formula is C18H15Cl2NO3. The van der Waals surface area contributed by atoms with Gasteiger partial charge in [0.05, 0.1) is 15.6 Å². The number of ether oxygens (including phenoxy) is 2. The van der Waals surface area contributed by atoms with Crippen molar-refractivity contribution in [3.8, 4) is 11.5 Å². The van der Waals surface area contributed by atoms with E-state index in [1.807, 2.05) is 6.07 Å². The molecule has 0 radical (unpaired) electrons. The average Bonchev–Trinajstić information content (AvgIpc) is 3.13. The van der Waals surface area contributed by atoms with Crippen LogP contribution in [0.1, 0.15) is 36.0 Å². The molecule has 1 fully saturated rings. The number of carbonyl (C=O) groups is 1. The lowest BCUT2D eigenvalue weighted by Crippen LogP contribution is -2.34.